The number of hydrogen-bond acceptors (Lipinski definition) is 1. The quantitative estimate of drug-likeness (QED) is 0.807. The molecule has 1 aromatic carbocycles. The summed E-state index contributed by atoms with van der Waals surface area (Å²) in [5.74, 6) is 1.19. The summed E-state index contributed by atoms with van der Waals surface area (Å²) in [6, 6.07) is 5.68. The summed E-state index contributed by atoms with van der Waals surface area (Å²) in [6.45, 7) is 0.754. The second-order valence-corrected chi connectivity index (χ2v) is 4.35. The van der Waals surface area contributed by atoms with Gasteiger partial charge in [-0.1, -0.05) is 29.3 Å². The Kier molecular flexibility index (Phi) is 2.50. The number of rotatable bonds is 2. The van der Waals surface area contributed by atoms with E-state index in [2.05, 4.69) is 0 Å². The Morgan fingerprint density at radius 1 is 1.38 bits per heavy atom. The molecule has 1 fully saturated rings. The molecule has 0 bridgehead atoms. The largest absolute Gasteiger partial charge is 0.330 e. The zero-order valence-corrected chi connectivity index (χ0v) is 8.65. The second-order valence-electron chi connectivity index (χ2n) is 3.50. The van der Waals surface area contributed by atoms with Gasteiger partial charge >= 0.3 is 0 Å². The zero-order valence-electron chi connectivity index (χ0n) is 7.13. The van der Waals surface area contributed by atoms with E-state index in [1.165, 1.54) is 5.56 Å². The predicted molar refractivity (Wildman–Crippen MR) is 56.4 cm³/mol. The van der Waals surface area contributed by atoms with Crippen LogP contribution in [0, 0.1) is 5.92 Å². The molecule has 0 heterocycles. The minimum Gasteiger partial charge on any atom is -0.330 e. The molecule has 1 aromatic rings. The molecule has 0 aliphatic heterocycles. The second kappa shape index (κ2) is 3.49. The summed E-state index contributed by atoms with van der Waals surface area (Å²) in [5, 5.41) is 1.46. The third-order valence-electron chi connectivity index (χ3n) is 2.59. The van der Waals surface area contributed by atoms with Gasteiger partial charge in [0.15, 0.2) is 0 Å². The van der Waals surface area contributed by atoms with Crippen LogP contribution in [0.2, 0.25) is 10.0 Å². The normalized spacial score (nSPS) is 26.1. The first-order valence-electron chi connectivity index (χ1n) is 4.37. The number of hydrogen-bond donors (Lipinski definition) is 1. The van der Waals surface area contributed by atoms with Crippen molar-refractivity contribution in [3.05, 3.63) is 33.8 Å². The third-order valence-corrected chi connectivity index (χ3v) is 3.15. The van der Waals surface area contributed by atoms with Crippen LogP contribution in [0.4, 0.5) is 0 Å². The Bertz CT molecular complexity index is 325. The van der Waals surface area contributed by atoms with Crippen LogP contribution in [0.5, 0.6) is 0 Å². The fraction of sp³-hybridized carbons (Fsp3) is 0.400. The summed E-state index contributed by atoms with van der Waals surface area (Å²) < 4.78 is 0. The Morgan fingerprint density at radius 3 is 2.69 bits per heavy atom. The van der Waals surface area contributed by atoms with Crippen molar-refractivity contribution >= 4 is 23.2 Å². The van der Waals surface area contributed by atoms with Gasteiger partial charge in [0.2, 0.25) is 0 Å². The third kappa shape index (κ3) is 1.83. The summed E-state index contributed by atoms with van der Waals surface area (Å²) in [6.07, 6.45) is 1.16. The average molecular weight is 216 g/mol. The first kappa shape index (κ1) is 9.32. The van der Waals surface area contributed by atoms with E-state index in [1.807, 2.05) is 12.1 Å². The van der Waals surface area contributed by atoms with Crippen molar-refractivity contribution in [3.63, 3.8) is 0 Å². The van der Waals surface area contributed by atoms with Crippen LogP contribution in [0.25, 0.3) is 0 Å². The first-order chi connectivity index (χ1) is 6.22. The highest BCUT2D eigenvalue weighted by Crippen LogP contribution is 2.49. The summed E-state index contributed by atoms with van der Waals surface area (Å²) in [5.41, 5.74) is 6.77. The molecule has 13 heavy (non-hydrogen) atoms. The smallest absolute Gasteiger partial charge is 0.0455 e. The van der Waals surface area contributed by atoms with Gasteiger partial charge in [-0.3, -0.25) is 0 Å². The van der Waals surface area contributed by atoms with Crippen molar-refractivity contribution in [1.82, 2.24) is 0 Å². The summed E-state index contributed by atoms with van der Waals surface area (Å²) in [7, 11) is 0. The van der Waals surface area contributed by atoms with Crippen LogP contribution in [0.1, 0.15) is 17.9 Å². The Balaban J connectivity index is 2.22. The zero-order chi connectivity index (χ0) is 9.42. The first-order valence-corrected chi connectivity index (χ1v) is 5.13. The van der Waals surface area contributed by atoms with E-state index in [1.54, 1.807) is 6.07 Å². The molecule has 3 heteroatoms. The molecular formula is C10H11Cl2N. The molecule has 0 saturated heterocycles. The molecule has 0 radical (unpaired) electrons. The maximum atomic E-state index is 6.06. The van der Waals surface area contributed by atoms with Gasteiger partial charge in [0.25, 0.3) is 0 Å². The minimum absolute atomic E-state index is 0.565. The fourth-order valence-electron chi connectivity index (χ4n) is 1.69. The van der Waals surface area contributed by atoms with Crippen molar-refractivity contribution in [3.8, 4) is 0 Å². The molecule has 1 nitrogen and oxygen atoms in total. The molecule has 0 amide bonds. The van der Waals surface area contributed by atoms with Gasteiger partial charge in [0.05, 0.1) is 0 Å². The summed E-state index contributed by atoms with van der Waals surface area (Å²) >= 11 is 11.9. The van der Waals surface area contributed by atoms with Crippen LogP contribution in [-0.4, -0.2) is 6.54 Å². The molecule has 1 saturated carbocycles. The van der Waals surface area contributed by atoms with E-state index in [0.717, 1.165) is 18.0 Å². The lowest BCUT2D eigenvalue weighted by molar-refractivity contribution is 0.810. The van der Waals surface area contributed by atoms with Crippen molar-refractivity contribution in [1.29, 1.82) is 0 Å². The van der Waals surface area contributed by atoms with Gasteiger partial charge in [0, 0.05) is 10.0 Å². The highest BCUT2D eigenvalue weighted by atomic mass is 35.5. The van der Waals surface area contributed by atoms with Crippen LogP contribution in [0.15, 0.2) is 18.2 Å². The summed E-state index contributed by atoms with van der Waals surface area (Å²) in [4.78, 5) is 0. The van der Waals surface area contributed by atoms with Crippen molar-refractivity contribution in [2.75, 3.05) is 6.54 Å². The molecular weight excluding hydrogens is 205 g/mol. The maximum absolute atomic E-state index is 6.06. The van der Waals surface area contributed by atoms with E-state index >= 15 is 0 Å². The van der Waals surface area contributed by atoms with Gasteiger partial charge in [0.1, 0.15) is 0 Å². The lowest BCUT2D eigenvalue weighted by Gasteiger charge is -2.02. The highest BCUT2D eigenvalue weighted by molar-refractivity contribution is 6.35. The highest BCUT2D eigenvalue weighted by Gasteiger charge is 2.37. The van der Waals surface area contributed by atoms with Gasteiger partial charge in [-0.25, -0.2) is 0 Å². The van der Waals surface area contributed by atoms with Gasteiger partial charge in [-0.05, 0) is 42.5 Å². The Morgan fingerprint density at radius 2 is 2.15 bits per heavy atom. The SMILES string of the molecule is NC[C@H]1C[C@H]1c1ccc(Cl)cc1Cl. The number of nitrogens with two attached hydrogens (primary N) is 1. The van der Waals surface area contributed by atoms with Gasteiger partial charge in [-0.15, -0.1) is 0 Å². The molecule has 2 atom stereocenters. The van der Waals surface area contributed by atoms with Crippen LogP contribution >= 0.6 is 23.2 Å². The van der Waals surface area contributed by atoms with Crippen LogP contribution in [-0.2, 0) is 0 Å². The molecule has 0 aromatic heterocycles. The molecule has 0 unspecified atom stereocenters. The number of benzene rings is 1. The molecule has 70 valence electrons. The van der Waals surface area contributed by atoms with E-state index in [0.29, 0.717) is 16.9 Å². The topological polar surface area (TPSA) is 26.0 Å². The van der Waals surface area contributed by atoms with E-state index in [4.69, 9.17) is 28.9 Å². The van der Waals surface area contributed by atoms with Crippen molar-refractivity contribution in [2.45, 2.75) is 12.3 Å². The Labute approximate surface area is 87.8 Å². The standard InChI is InChI=1S/C10H11Cl2N/c11-7-1-2-8(10(12)4-7)9-3-6(9)5-13/h1-2,4,6,9H,3,5,13H2/t6-,9-/m1/s1. The maximum Gasteiger partial charge on any atom is 0.0455 e. The molecule has 0 spiro atoms. The average Bonchev–Trinajstić information content (AvgIpc) is 2.83. The lowest BCUT2D eigenvalue weighted by Crippen LogP contribution is -2.02. The van der Waals surface area contributed by atoms with E-state index < -0.39 is 0 Å². The van der Waals surface area contributed by atoms with Crippen LogP contribution < -0.4 is 5.73 Å². The monoisotopic (exact) mass is 215 g/mol. The Hall–Kier alpha value is -0.240. The minimum atomic E-state index is 0.565. The molecule has 2 N–H and O–H groups in total. The van der Waals surface area contributed by atoms with Crippen LogP contribution in [0.3, 0.4) is 0 Å². The van der Waals surface area contributed by atoms with Gasteiger partial charge in [-0.2, -0.15) is 0 Å². The van der Waals surface area contributed by atoms with E-state index in [9.17, 15) is 0 Å². The van der Waals surface area contributed by atoms with Crippen molar-refractivity contribution < 1.29 is 0 Å². The predicted octanol–water partition coefficient (Wildman–Crippen LogP) is 3.06. The molecule has 1 aliphatic carbocycles. The molecule has 1 aliphatic rings. The fourth-order valence-corrected chi connectivity index (χ4v) is 2.24. The number of halogens is 2. The van der Waals surface area contributed by atoms with E-state index in [-0.39, 0.29) is 0 Å². The molecule has 2 rings (SSSR count). The van der Waals surface area contributed by atoms with Gasteiger partial charge < -0.3 is 5.73 Å². The lowest BCUT2D eigenvalue weighted by atomic mass is 10.1. The van der Waals surface area contributed by atoms with Crippen molar-refractivity contribution in [2.24, 2.45) is 11.7 Å².